The normalized spacial score (nSPS) is 22.5. The lowest BCUT2D eigenvalue weighted by molar-refractivity contribution is -0.163. The number of amides is 2. The van der Waals surface area contributed by atoms with Crippen LogP contribution in [0, 0.1) is 5.92 Å². The van der Waals surface area contributed by atoms with E-state index in [1.165, 1.54) is 0 Å². The Morgan fingerprint density at radius 2 is 1.59 bits per heavy atom. The molecule has 2 amide bonds. The molecule has 2 atom stereocenters. The molecule has 0 radical (unpaired) electrons. The van der Waals surface area contributed by atoms with Gasteiger partial charge in [-0.1, -0.05) is 46.3 Å². The molecule has 1 spiro atoms. The van der Waals surface area contributed by atoms with Gasteiger partial charge in [-0.15, -0.1) is 0 Å². The van der Waals surface area contributed by atoms with Gasteiger partial charge in [0.15, 0.2) is 5.78 Å². The molecule has 1 saturated carbocycles. The zero-order chi connectivity index (χ0) is 27.3. The molecule has 2 aliphatic rings. The fourth-order valence-electron chi connectivity index (χ4n) is 4.91. The molecule has 2 aromatic carbocycles. The van der Waals surface area contributed by atoms with Crippen LogP contribution in [0.4, 0.5) is 10.5 Å². The third-order valence-corrected chi connectivity index (χ3v) is 6.67. The molecule has 1 fully saturated rings. The second-order valence-electron chi connectivity index (χ2n) is 11.3. The molecule has 0 bridgehead atoms. The number of ketones is 1. The van der Waals surface area contributed by atoms with Gasteiger partial charge in [0.2, 0.25) is 0 Å². The van der Waals surface area contributed by atoms with Crippen molar-refractivity contribution in [3.8, 4) is 0 Å². The van der Waals surface area contributed by atoms with Gasteiger partial charge in [-0.3, -0.25) is 14.4 Å². The first-order valence-corrected chi connectivity index (χ1v) is 12.9. The van der Waals surface area contributed by atoms with E-state index in [-0.39, 0.29) is 23.5 Å². The van der Waals surface area contributed by atoms with Crippen LogP contribution in [0.15, 0.2) is 58.6 Å². The number of halogens is 1. The summed E-state index contributed by atoms with van der Waals surface area (Å²) in [5.74, 6) is -2.91. The lowest BCUT2D eigenvalue weighted by Crippen LogP contribution is -2.50. The fourth-order valence-corrected chi connectivity index (χ4v) is 5.27. The monoisotopic (exact) mass is 567 g/mol. The number of fused-ring (bicyclic) bond motifs is 2. The third kappa shape index (κ3) is 4.87. The number of anilines is 1. The summed E-state index contributed by atoms with van der Waals surface area (Å²) in [5.41, 5.74) is -2.00. The number of carbonyl (C=O) groups is 4. The van der Waals surface area contributed by atoms with Gasteiger partial charge in [-0.25, -0.2) is 9.69 Å². The number of hydrogen-bond acceptors (Lipinski definition) is 6. The SMILES string of the molecule is CC(C)(C)OC(=O)[C@@H]1CC(=O)/C(=C/c2ccccc2)[C@@]12C(=O)N(C(=O)OC(C)(C)C)c1ccc(Br)cc12. The maximum Gasteiger partial charge on any atom is 0.421 e. The van der Waals surface area contributed by atoms with Crippen LogP contribution >= 0.6 is 15.9 Å². The molecule has 0 saturated heterocycles. The van der Waals surface area contributed by atoms with Crippen molar-refractivity contribution in [1.82, 2.24) is 0 Å². The zero-order valence-electron chi connectivity index (χ0n) is 21.8. The Morgan fingerprint density at radius 1 is 0.973 bits per heavy atom. The van der Waals surface area contributed by atoms with Crippen molar-refractivity contribution in [3.05, 3.63) is 69.7 Å². The second kappa shape index (κ2) is 9.24. The highest BCUT2D eigenvalue weighted by Crippen LogP contribution is 2.57. The smallest absolute Gasteiger partial charge is 0.421 e. The molecule has 2 aromatic rings. The van der Waals surface area contributed by atoms with Gasteiger partial charge in [-0.2, -0.15) is 0 Å². The van der Waals surface area contributed by atoms with Crippen LogP contribution in [0.2, 0.25) is 0 Å². The van der Waals surface area contributed by atoms with Gasteiger partial charge in [0, 0.05) is 16.5 Å². The maximum atomic E-state index is 14.5. The molecule has 7 nitrogen and oxygen atoms in total. The van der Waals surface area contributed by atoms with Gasteiger partial charge >= 0.3 is 12.1 Å². The summed E-state index contributed by atoms with van der Waals surface area (Å²) in [5, 5.41) is 0. The molecule has 1 aliphatic heterocycles. The summed E-state index contributed by atoms with van der Waals surface area (Å²) >= 11 is 3.46. The lowest BCUT2D eigenvalue weighted by atomic mass is 9.70. The Labute approximate surface area is 224 Å². The van der Waals surface area contributed by atoms with Gasteiger partial charge in [-0.05, 0) is 76.9 Å². The number of benzene rings is 2. The summed E-state index contributed by atoms with van der Waals surface area (Å²) in [7, 11) is 0. The van der Waals surface area contributed by atoms with Crippen LogP contribution in [0.1, 0.15) is 59.1 Å². The highest BCUT2D eigenvalue weighted by atomic mass is 79.9. The molecule has 1 heterocycles. The van der Waals surface area contributed by atoms with Crippen LogP contribution in [-0.4, -0.2) is 35.0 Å². The first kappa shape index (κ1) is 26.8. The molecular formula is C29H30BrNO6. The van der Waals surface area contributed by atoms with Crippen molar-refractivity contribution >= 4 is 51.4 Å². The van der Waals surface area contributed by atoms with E-state index in [1.54, 1.807) is 65.8 Å². The number of nitrogens with zero attached hydrogens (tertiary/aromatic N) is 1. The number of Topliss-reactive ketones (excluding diaryl/α,β-unsaturated/α-hetero) is 1. The van der Waals surface area contributed by atoms with Crippen molar-refractivity contribution in [2.45, 2.75) is 64.6 Å². The molecule has 0 N–H and O–H groups in total. The van der Waals surface area contributed by atoms with Crippen molar-refractivity contribution in [3.63, 3.8) is 0 Å². The standard InChI is InChI=1S/C29H30BrNO6/c1-27(2,3)36-24(33)21-16-23(32)20(14-17-10-8-7-9-11-17)29(21)19-15-18(30)12-13-22(19)31(25(29)34)26(35)37-28(4,5)6/h7-15,21H,16H2,1-6H3/b20-14-/t21-,29+/m0/s1. The van der Waals surface area contributed by atoms with E-state index < -0.39 is 40.5 Å². The van der Waals surface area contributed by atoms with E-state index in [9.17, 15) is 19.2 Å². The minimum absolute atomic E-state index is 0.143. The Bertz CT molecular complexity index is 1320. The molecular weight excluding hydrogens is 538 g/mol. The van der Waals surface area contributed by atoms with Crippen LogP contribution < -0.4 is 4.90 Å². The Kier molecular flexibility index (Phi) is 6.69. The van der Waals surface area contributed by atoms with Crippen molar-refractivity contribution in [2.75, 3.05) is 4.90 Å². The number of imide groups is 1. The predicted octanol–water partition coefficient (Wildman–Crippen LogP) is 5.98. The van der Waals surface area contributed by atoms with E-state index in [0.29, 0.717) is 15.6 Å². The van der Waals surface area contributed by atoms with E-state index in [1.807, 2.05) is 30.3 Å². The van der Waals surface area contributed by atoms with Crippen molar-refractivity contribution in [1.29, 1.82) is 0 Å². The minimum atomic E-state index is -1.76. The molecule has 4 rings (SSSR count). The maximum absolute atomic E-state index is 14.5. The number of carbonyl (C=O) groups excluding carboxylic acids is 4. The Hall–Kier alpha value is -3.26. The quantitative estimate of drug-likeness (QED) is 0.327. The Balaban J connectivity index is 2.01. The fraction of sp³-hybridized carbons (Fsp3) is 0.379. The van der Waals surface area contributed by atoms with E-state index in [0.717, 1.165) is 4.90 Å². The van der Waals surface area contributed by atoms with Crippen LogP contribution in [0.25, 0.3) is 6.08 Å². The molecule has 0 aromatic heterocycles. The largest absolute Gasteiger partial charge is 0.460 e. The molecule has 8 heteroatoms. The summed E-state index contributed by atoms with van der Waals surface area (Å²) in [4.78, 5) is 56.0. The average molecular weight is 568 g/mol. The number of esters is 1. The third-order valence-electron chi connectivity index (χ3n) is 6.18. The summed E-state index contributed by atoms with van der Waals surface area (Å²) in [6.07, 6.45) is 0.528. The van der Waals surface area contributed by atoms with Gasteiger partial charge < -0.3 is 9.47 Å². The number of hydrogen-bond donors (Lipinski definition) is 0. The average Bonchev–Trinajstić information content (AvgIpc) is 3.19. The highest BCUT2D eigenvalue weighted by Gasteiger charge is 2.67. The molecule has 0 unspecified atom stereocenters. The number of rotatable bonds is 2. The first-order valence-electron chi connectivity index (χ1n) is 12.1. The number of ether oxygens (including phenoxy) is 2. The van der Waals surface area contributed by atoms with Crippen LogP contribution in [-0.2, 0) is 29.3 Å². The van der Waals surface area contributed by atoms with Crippen LogP contribution in [0.3, 0.4) is 0 Å². The Morgan fingerprint density at radius 3 is 2.19 bits per heavy atom. The molecule has 1 aliphatic carbocycles. The molecule has 37 heavy (non-hydrogen) atoms. The second-order valence-corrected chi connectivity index (χ2v) is 12.2. The van der Waals surface area contributed by atoms with Gasteiger partial charge in [0.25, 0.3) is 5.91 Å². The van der Waals surface area contributed by atoms with Crippen molar-refractivity contribution < 1.29 is 28.7 Å². The van der Waals surface area contributed by atoms with E-state index in [4.69, 9.17) is 9.47 Å². The van der Waals surface area contributed by atoms with Crippen molar-refractivity contribution in [2.24, 2.45) is 5.92 Å². The summed E-state index contributed by atoms with van der Waals surface area (Å²) < 4.78 is 11.9. The predicted molar refractivity (Wildman–Crippen MR) is 143 cm³/mol. The van der Waals surface area contributed by atoms with Gasteiger partial charge in [0.05, 0.1) is 11.6 Å². The van der Waals surface area contributed by atoms with E-state index >= 15 is 0 Å². The summed E-state index contributed by atoms with van der Waals surface area (Å²) in [6.45, 7) is 10.3. The van der Waals surface area contributed by atoms with Crippen LogP contribution in [0.5, 0.6) is 0 Å². The lowest BCUT2D eigenvalue weighted by Gasteiger charge is -2.32. The topological polar surface area (TPSA) is 90.0 Å². The minimum Gasteiger partial charge on any atom is -0.460 e. The van der Waals surface area contributed by atoms with Gasteiger partial charge in [0.1, 0.15) is 16.6 Å². The summed E-state index contributed by atoms with van der Waals surface area (Å²) in [6, 6.07) is 14.1. The van der Waals surface area contributed by atoms with E-state index in [2.05, 4.69) is 15.9 Å². The zero-order valence-corrected chi connectivity index (χ0v) is 23.3. The highest BCUT2D eigenvalue weighted by molar-refractivity contribution is 9.10. The first-order chi connectivity index (χ1) is 17.1. The molecule has 194 valence electrons.